The van der Waals surface area contributed by atoms with E-state index in [1.807, 2.05) is 0 Å². The molecular formula is C11H20ClNO2S. The number of nitrogens with zero attached hydrogens (tertiary/aromatic N) is 1. The average Bonchev–Trinajstić information content (AvgIpc) is 2.16. The van der Waals surface area contributed by atoms with Crippen LogP contribution >= 0.6 is 10.7 Å². The van der Waals surface area contributed by atoms with E-state index in [0.717, 1.165) is 37.8 Å². The Hall–Kier alpha value is -0.0600. The zero-order valence-corrected chi connectivity index (χ0v) is 11.5. The topological polar surface area (TPSA) is 37.4 Å². The molecule has 16 heavy (non-hydrogen) atoms. The second-order valence-corrected chi connectivity index (χ2v) is 7.17. The van der Waals surface area contributed by atoms with Crippen molar-refractivity contribution in [3.8, 4) is 0 Å². The summed E-state index contributed by atoms with van der Waals surface area (Å²) in [6.07, 6.45) is 4.78. The minimum atomic E-state index is -3.47. The Balaban J connectivity index is 2.30. The molecule has 94 valence electrons. The number of halogens is 1. The van der Waals surface area contributed by atoms with Crippen LogP contribution in [-0.4, -0.2) is 32.4 Å². The summed E-state index contributed by atoms with van der Waals surface area (Å²) in [7, 11) is 1.62. The lowest BCUT2D eigenvalue weighted by Crippen LogP contribution is -2.38. The third kappa shape index (κ3) is 5.32. The van der Waals surface area contributed by atoms with Crippen molar-refractivity contribution in [2.45, 2.75) is 39.2 Å². The number of likely N-dealkylation sites (tertiary alicyclic amines) is 1. The minimum absolute atomic E-state index is 0.602. The molecule has 3 nitrogen and oxygen atoms in total. The SMILES string of the molecule is CC(C)N1CCC(C/C=C\S(=O)(=O)Cl)CC1. The fourth-order valence-electron chi connectivity index (χ4n) is 2.07. The van der Waals surface area contributed by atoms with Crippen LogP contribution in [0.2, 0.25) is 0 Å². The van der Waals surface area contributed by atoms with Gasteiger partial charge in [-0.15, -0.1) is 0 Å². The van der Waals surface area contributed by atoms with Gasteiger partial charge in [-0.25, -0.2) is 8.42 Å². The summed E-state index contributed by atoms with van der Waals surface area (Å²) in [5.41, 5.74) is 0. The van der Waals surface area contributed by atoms with E-state index in [9.17, 15) is 8.42 Å². The average molecular weight is 266 g/mol. The van der Waals surface area contributed by atoms with Gasteiger partial charge in [0.1, 0.15) is 0 Å². The van der Waals surface area contributed by atoms with Crippen molar-refractivity contribution < 1.29 is 8.42 Å². The first-order valence-electron chi connectivity index (χ1n) is 5.74. The Morgan fingerprint density at radius 2 is 1.94 bits per heavy atom. The number of hydrogen-bond donors (Lipinski definition) is 0. The predicted molar refractivity (Wildman–Crippen MR) is 68.0 cm³/mol. The summed E-state index contributed by atoms with van der Waals surface area (Å²) in [6, 6.07) is 0.611. The summed E-state index contributed by atoms with van der Waals surface area (Å²) in [5.74, 6) is 0.602. The van der Waals surface area contributed by atoms with Crippen LogP contribution < -0.4 is 0 Å². The van der Waals surface area contributed by atoms with Crippen molar-refractivity contribution >= 4 is 19.7 Å². The highest BCUT2D eigenvalue weighted by Gasteiger charge is 2.19. The van der Waals surface area contributed by atoms with Crippen molar-refractivity contribution in [3.05, 3.63) is 11.5 Å². The highest BCUT2D eigenvalue weighted by Crippen LogP contribution is 2.22. The van der Waals surface area contributed by atoms with Crippen molar-refractivity contribution in [3.63, 3.8) is 0 Å². The Morgan fingerprint density at radius 1 is 1.38 bits per heavy atom. The van der Waals surface area contributed by atoms with Gasteiger partial charge in [-0.05, 0) is 52.1 Å². The van der Waals surface area contributed by atoms with Crippen LogP contribution in [0.1, 0.15) is 33.1 Å². The Bertz CT molecular complexity index is 330. The van der Waals surface area contributed by atoms with E-state index in [0.29, 0.717) is 12.0 Å². The van der Waals surface area contributed by atoms with Crippen molar-refractivity contribution in [2.24, 2.45) is 5.92 Å². The first-order chi connectivity index (χ1) is 7.38. The second kappa shape index (κ2) is 6.03. The molecular weight excluding hydrogens is 246 g/mol. The van der Waals surface area contributed by atoms with Gasteiger partial charge < -0.3 is 4.90 Å². The van der Waals surface area contributed by atoms with Gasteiger partial charge in [0.05, 0.1) is 0 Å². The third-order valence-corrected chi connectivity index (χ3v) is 3.93. The van der Waals surface area contributed by atoms with Gasteiger partial charge in [0, 0.05) is 22.1 Å². The molecule has 1 heterocycles. The summed E-state index contributed by atoms with van der Waals surface area (Å²) < 4.78 is 21.4. The molecule has 0 aromatic rings. The summed E-state index contributed by atoms with van der Waals surface area (Å²) in [6.45, 7) is 6.65. The first-order valence-corrected chi connectivity index (χ1v) is 8.11. The van der Waals surface area contributed by atoms with Gasteiger partial charge in [0.25, 0.3) is 9.05 Å². The first kappa shape index (κ1) is 14.0. The molecule has 1 aliphatic rings. The minimum Gasteiger partial charge on any atom is -0.301 e. The van der Waals surface area contributed by atoms with Crippen LogP contribution in [-0.2, 0) is 9.05 Å². The van der Waals surface area contributed by atoms with E-state index in [2.05, 4.69) is 18.7 Å². The highest BCUT2D eigenvalue weighted by atomic mass is 35.7. The molecule has 0 saturated carbocycles. The second-order valence-electron chi connectivity index (χ2n) is 4.66. The monoisotopic (exact) mass is 265 g/mol. The van der Waals surface area contributed by atoms with E-state index in [1.54, 1.807) is 6.08 Å². The molecule has 0 aromatic carbocycles. The predicted octanol–water partition coefficient (Wildman–Crippen LogP) is 2.58. The van der Waals surface area contributed by atoms with Gasteiger partial charge in [-0.2, -0.15) is 0 Å². The largest absolute Gasteiger partial charge is 0.301 e. The van der Waals surface area contributed by atoms with Crippen LogP contribution in [0.15, 0.2) is 11.5 Å². The van der Waals surface area contributed by atoms with Gasteiger partial charge in [-0.1, -0.05) is 6.08 Å². The number of hydrogen-bond acceptors (Lipinski definition) is 3. The number of allylic oxidation sites excluding steroid dienone is 1. The summed E-state index contributed by atoms with van der Waals surface area (Å²) >= 11 is 0. The van der Waals surface area contributed by atoms with E-state index in [1.165, 1.54) is 0 Å². The molecule has 1 rings (SSSR count). The molecule has 0 atom stereocenters. The lowest BCUT2D eigenvalue weighted by atomic mass is 9.93. The molecule has 1 saturated heterocycles. The highest BCUT2D eigenvalue weighted by molar-refractivity contribution is 8.16. The molecule has 0 aromatic heterocycles. The van der Waals surface area contributed by atoms with Crippen molar-refractivity contribution in [1.29, 1.82) is 0 Å². The van der Waals surface area contributed by atoms with Crippen LogP contribution in [0.4, 0.5) is 0 Å². The third-order valence-electron chi connectivity index (χ3n) is 3.11. The molecule has 0 amide bonds. The van der Waals surface area contributed by atoms with Crippen molar-refractivity contribution in [1.82, 2.24) is 4.90 Å². The van der Waals surface area contributed by atoms with Crippen LogP contribution in [0.25, 0.3) is 0 Å². The molecule has 5 heteroatoms. The zero-order valence-electron chi connectivity index (χ0n) is 9.89. The summed E-state index contributed by atoms with van der Waals surface area (Å²) in [5, 5.41) is 1.10. The molecule has 0 unspecified atom stereocenters. The Morgan fingerprint density at radius 3 is 2.38 bits per heavy atom. The molecule has 0 radical (unpaired) electrons. The maximum absolute atomic E-state index is 10.7. The van der Waals surface area contributed by atoms with Gasteiger partial charge >= 0.3 is 0 Å². The standard InChI is InChI=1S/C11H20ClNO2S/c1-10(2)13-7-5-11(6-8-13)4-3-9-16(12,14)15/h3,9-11H,4-8H2,1-2H3/b9-3-. The van der Waals surface area contributed by atoms with Gasteiger partial charge in [-0.3, -0.25) is 0 Å². The molecule has 0 N–H and O–H groups in total. The van der Waals surface area contributed by atoms with Gasteiger partial charge in [0.2, 0.25) is 0 Å². The number of piperidine rings is 1. The maximum Gasteiger partial charge on any atom is 0.254 e. The van der Waals surface area contributed by atoms with E-state index >= 15 is 0 Å². The van der Waals surface area contributed by atoms with Crippen LogP contribution in [0, 0.1) is 5.92 Å². The number of rotatable bonds is 4. The molecule has 0 spiro atoms. The Kier molecular flexibility index (Phi) is 5.28. The van der Waals surface area contributed by atoms with Gasteiger partial charge in [0.15, 0.2) is 0 Å². The molecule has 1 aliphatic heterocycles. The molecule has 1 fully saturated rings. The normalized spacial score (nSPS) is 21.0. The van der Waals surface area contributed by atoms with E-state index < -0.39 is 9.05 Å². The van der Waals surface area contributed by atoms with E-state index in [4.69, 9.17) is 10.7 Å². The quantitative estimate of drug-likeness (QED) is 0.734. The van der Waals surface area contributed by atoms with Crippen molar-refractivity contribution in [2.75, 3.05) is 13.1 Å². The van der Waals surface area contributed by atoms with Crippen LogP contribution in [0.3, 0.4) is 0 Å². The molecule has 0 aliphatic carbocycles. The fraction of sp³-hybridized carbons (Fsp3) is 0.818. The smallest absolute Gasteiger partial charge is 0.254 e. The Labute approximate surface area is 103 Å². The van der Waals surface area contributed by atoms with Crippen LogP contribution in [0.5, 0.6) is 0 Å². The lowest BCUT2D eigenvalue weighted by molar-refractivity contribution is 0.150. The molecule has 0 bridgehead atoms. The lowest BCUT2D eigenvalue weighted by Gasteiger charge is -2.34. The fourth-order valence-corrected chi connectivity index (χ4v) is 2.63. The summed E-state index contributed by atoms with van der Waals surface area (Å²) in [4.78, 5) is 2.46. The van der Waals surface area contributed by atoms with E-state index in [-0.39, 0.29) is 0 Å². The zero-order chi connectivity index (χ0) is 12.2. The maximum atomic E-state index is 10.7.